The van der Waals surface area contributed by atoms with Gasteiger partial charge in [-0.2, -0.15) is 0 Å². The maximum absolute atomic E-state index is 13.5. The first-order valence-electron chi connectivity index (χ1n) is 14.1. The normalized spacial score (nSPS) is 15.5. The highest BCUT2D eigenvalue weighted by molar-refractivity contribution is 5.90. The Morgan fingerprint density at radius 2 is 1.64 bits per heavy atom. The summed E-state index contributed by atoms with van der Waals surface area (Å²) < 4.78 is 10.9. The number of benzene rings is 3. The molecule has 10 nitrogen and oxygen atoms in total. The molecule has 0 bridgehead atoms. The van der Waals surface area contributed by atoms with Gasteiger partial charge in [-0.05, 0) is 35.6 Å². The van der Waals surface area contributed by atoms with Crippen LogP contribution in [0.25, 0.3) is 0 Å². The third-order valence-corrected chi connectivity index (χ3v) is 7.37. The molecule has 1 fully saturated rings. The fourth-order valence-electron chi connectivity index (χ4n) is 4.93. The number of hydrogen-bond acceptors (Lipinski definition) is 7. The largest absolute Gasteiger partial charge is 0.496 e. The number of aryl methyl sites for hydroxylation is 1. The van der Waals surface area contributed by atoms with Crippen molar-refractivity contribution in [1.29, 1.82) is 0 Å². The highest BCUT2D eigenvalue weighted by Gasteiger charge is 2.39. The Kier molecular flexibility index (Phi) is 10.9. The molecule has 0 aliphatic carbocycles. The number of piperazine rings is 1. The van der Waals surface area contributed by atoms with Crippen molar-refractivity contribution in [2.75, 3.05) is 26.7 Å². The first-order valence-corrected chi connectivity index (χ1v) is 14.1. The zero-order chi connectivity index (χ0) is 29.9. The monoisotopic (exact) mass is 573 g/mol. The number of carbonyl (C=O) groups is 3. The molecule has 3 aromatic carbocycles. The number of rotatable bonds is 11. The van der Waals surface area contributed by atoms with Gasteiger partial charge in [0.15, 0.2) is 0 Å². The zero-order valence-corrected chi connectivity index (χ0v) is 23.9. The van der Waals surface area contributed by atoms with E-state index in [-0.39, 0.29) is 44.6 Å². The predicted molar refractivity (Wildman–Crippen MR) is 159 cm³/mol. The first kappa shape index (κ1) is 30.5. The molecule has 0 saturated carbocycles. The lowest BCUT2D eigenvalue weighted by molar-refractivity contribution is -0.144. The number of carbonyl (C=O) groups excluding carboxylic acids is 3. The number of nitrogens with two attached hydrogens (primary N) is 2. The first-order chi connectivity index (χ1) is 20.4. The van der Waals surface area contributed by atoms with Gasteiger partial charge in [0.1, 0.15) is 18.4 Å². The van der Waals surface area contributed by atoms with Gasteiger partial charge in [0.2, 0.25) is 11.8 Å². The van der Waals surface area contributed by atoms with Crippen LogP contribution in [0.4, 0.5) is 4.79 Å². The summed E-state index contributed by atoms with van der Waals surface area (Å²) in [5.41, 5.74) is 15.7. The molecule has 0 spiro atoms. The smallest absolute Gasteiger partial charge is 0.410 e. The summed E-state index contributed by atoms with van der Waals surface area (Å²) in [5, 5.41) is 2.92. The quantitative estimate of drug-likeness (QED) is 0.320. The SMILES string of the molecule is COc1cc(CNC(=O)C2CN(C(=O)OCc3ccccc3)CCN2C(=O)C(N)CCc2ccccc2)ccc1CN. The van der Waals surface area contributed by atoms with E-state index in [0.29, 0.717) is 25.1 Å². The summed E-state index contributed by atoms with van der Waals surface area (Å²) in [4.78, 5) is 42.9. The Labute approximate surface area is 246 Å². The van der Waals surface area contributed by atoms with Crippen LogP contribution in [0.3, 0.4) is 0 Å². The Bertz CT molecular complexity index is 1340. The molecule has 3 aromatic rings. The minimum atomic E-state index is -0.927. The maximum Gasteiger partial charge on any atom is 0.410 e. The van der Waals surface area contributed by atoms with E-state index in [1.807, 2.05) is 78.9 Å². The highest BCUT2D eigenvalue weighted by Crippen LogP contribution is 2.20. The van der Waals surface area contributed by atoms with Crippen molar-refractivity contribution in [1.82, 2.24) is 15.1 Å². The van der Waals surface area contributed by atoms with Crippen molar-refractivity contribution in [3.63, 3.8) is 0 Å². The van der Waals surface area contributed by atoms with Gasteiger partial charge in [-0.1, -0.05) is 72.8 Å². The summed E-state index contributed by atoms with van der Waals surface area (Å²) in [6.45, 7) is 1.03. The molecule has 2 unspecified atom stereocenters. The molecule has 10 heteroatoms. The molecule has 1 heterocycles. The topological polar surface area (TPSA) is 140 Å². The third kappa shape index (κ3) is 8.08. The van der Waals surface area contributed by atoms with E-state index in [2.05, 4.69) is 5.32 Å². The molecule has 5 N–H and O–H groups in total. The Hall–Kier alpha value is -4.41. The van der Waals surface area contributed by atoms with Crippen LogP contribution in [-0.2, 0) is 40.4 Å². The van der Waals surface area contributed by atoms with Gasteiger partial charge >= 0.3 is 6.09 Å². The van der Waals surface area contributed by atoms with Gasteiger partial charge in [-0.15, -0.1) is 0 Å². The molecular weight excluding hydrogens is 534 g/mol. The van der Waals surface area contributed by atoms with Crippen LogP contribution >= 0.6 is 0 Å². The predicted octanol–water partition coefficient (Wildman–Crippen LogP) is 2.58. The molecule has 3 amide bonds. The van der Waals surface area contributed by atoms with Gasteiger partial charge < -0.3 is 36.1 Å². The molecule has 4 rings (SSSR count). The fourth-order valence-corrected chi connectivity index (χ4v) is 4.93. The van der Waals surface area contributed by atoms with Gasteiger partial charge in [0.25, 0.3) is 0 Å². The Balaban J connectivity index is 1.44. The zero-order valence-electron chi connectivity index (χ0n) is 23.9. The average molecular weight is 574 g/mol. The minimum Gasteiger partial charge on any atom is -0.496 e. The summed E-state index contributed by atoms with van der Waals surface area (Å²) in [7, 11) is 1.56. The molecule has 1 saturated heterocycles. The Morgan fingerprint density at radius 3 is 2.31 bits per heavy atom. The number of nitrogens with one attached hydrogen (secondary N) is 1. The maximum atomic E-state index is 13.5. The number of ether oxygens (including phenoxy) is 2. The van der Waals surface area contributed by atoms with Crippen LogP contribution in [0, 0.1) is 0 Å². The van der Waals surface area contributed by atoms with Crippen molar-refractivity contribution in [2.24, 2.45) is 11.5 Å². The van der Waals surface area contributed by atoms with Crippen molar-refractivity contribution >= 4 is 17.9 Å². The van der Waals surface area contributed by atoms with Crippen LogP contribution < -0.4 is 21.5 Å². The van der Waals surface area contributed by atoms with Crippen molar-refractivity contribution < 1.29 is 23.9 Å². The van der Waals surface area contributed by atoms with Crippen LogP contribution in [0.15, 0.2) is 78.9 Å². The van der Waals surface area contributed by atoms with Crippen molar-refractivity contribution in [3.8, 4) is 5.75 Å². The van der Waals surface area contributed by atoms with Gasteiger partial charge in [-0.3, -0.25) is 9.59 Å². The van der Waals surface area contributed by atoms with Crippen molar-refractivity contribution in [2.45, 2.75) is 44.6 Å². The molecule has 0 radical (unpaired) electrons. The van der Waals surface area contributed by atoms with Gasteiger partial charge in [-0.25, -0.2) is 4.79 Å². The molecule has 2 atom stereocenters. The molecular formula is C32H39N5O5. The van der Waals surface area contributed by atoms with Crippen LogP contribution in [-0.4, -0.2) is 66.5 Å². The summed E-state index contributed by atoms with van der Waals surface area (Å²) >= 11 is 0. The lowest BCUT2D eigenvalue weighted by atomic mass is 10.0. The summed E-state index contributed by atoms with van der Waals surface area (Å²) in [6.07, 6.45) is 0.528. The van der Waals surface area contributed by atoms with Crippen molar-refractivity contribution in [3.05, 3.63) is 101 Å². The lowest BCUT2D eigenvalue weighted by Crippen LogP contribution is -2.63. The molecule has 222 valence electrons. The van der Waals surface area contributed by atoms with E-state index in [0.717, 1.165) is 22.3 Å². The van der Waals surface area contributed by atoms with E-state index in [9.17, 15) is 14.4 Å². The molecule has 1 aliphatic rings. The van der Waals surface area contributed by atoms with Crippen LogP contribution in [0.1, 0.15) is 28.7 Å². The van der Waals surface area contributed by atoms with Crippen LogP contribution in [0.2, 0.25) is 0 Å². The second kappa shape index (κ2) is 15.0. The second-order valence-electron chi connectivity index (χ2n) is 10.2. The van der Waals surface area contributed by atoms with Gasteiger partial charge in [0.05, 0.1) is 19.7 Å². The molecule has 42 heavy (non-hydrogen) atoms. The van der Waals surface area contributed by atoms with E-state index in [1.54, 1.807) is 7.11 Å². The number of nitrogens with zero attached hydrogens (tertiary/aromatic N) is 2. The number of hydrogen-bond donors (Lipinski definition) is 3. The van der Waals surface area contributed by atoms with Gasteiger partial charge in [0, 0.05) is 31.7 Å². The van der Waals surface area contributed by atoms with E-state index >= 15 is 0 Å². The highest BCUT2D eigenvalue weighted by atomic mass is 16.6. The van der Waals surface area contributed by atoms with E-state index < -0.39 is 18.2 Å². The third-order valence-electron chi connectivity index (χ3n) is 7.37. The molecule has 1 aliphatic heterocycles. The minimum absolute atomic E-state index is 0.00790. The standard InChI is InChI=1S/C32H39N5O5/c1-41-29-18-25(12-14-26(29)19-33)20-35-30(38)28-21-36(32(40)42-22-24-10-6-3-7-11-24)16-17-37(28)31(39)27(34)15-13-23-8-4-2-5-9-23/h2-12,14,18,27-28H,13,15-17,19-22,33-34H2,1H3,(H,35,38). The fraction of sp³-hybridized carbons (Fsp3) is 0.344. The summed E-state index contributed by atoms with van der Waals surface area (Å²) in [5.74, 6) is -0.0752. The Morgan fingerprint density at radius 1 is 0.952 bits per heavy atom. The van der Waals surface area contributed by atoms with E-state index in [4.69, 9.17) is 20.9 Å². The number of amides is 3. The van der Waals surface area contributed by atoms with Crippen LogP contribution in [0.5, 0.6) is 5.75 Å². The number of methoxy groups -OCH3 is 1. The second-order valence-corrected chi connectivity index (χ2v) is 10.2. The lowest BCUT2D eigenvalue weighted by Gasteiger charge is -2.41. The molecule has 0 aromatic heterocycles. The summed E-state index contributed by atoms with van der Waals surface area (Å²) in [6, 6.07) is 23.0. The van der Waals surface area contributed by atoms with E-state index in [1.165, 1.54) is 9.80 Å². The average Bonchev–Trinajstić information content (AvgIpc) is 3.05.